The fourth-order valence-electron chi connectivity index (χ4n) is 2.42. The Kier molecular flexibility index (Phi) is 5.65. The predicted octanol–water partition coefficient (Wildman–Crippen LogP) is 4.21. The molecule has 15 heteroatoms. The van der Waals surface area contributed by atoms with E-state index in [1.165, 1.54) is 0 Å². The van der Waals surface area contributed by atoms with Crippen LogP contribution in [0.5, 0.6) is 0 Å². The first kappa shape index (κ1) is 22.0. The van der Waals surface area contributed by atoms with E-state index in [2.05, 4.69) is 19.5 Å². The summed E-state index contributed by atoms with van der Waals surface area (Å²) in [7, 11) is 0. The Hall–Kier alpha value is -4.69. The number of nitrogens with one attached hydrogen (secondary N) is 2. The van der Waals surface area contributed by atoms with Crippen LogP contribution in [0.3, 0.4) is 0 Å². The maximum absolute atomic E-state index is 13.2. The Labute approximate surface area is 173 Å². The number of nitrogens with zero attached hydrogens (tertiary/aromatic N) is 2. The van der Waals surface area contributed by atoms with Crippen LogP contribution >= 0.6 is 0 Å². The Morgan fingerprint density at radius 2 is 1.19 bits per heavy atom. The molecule has 0 aliphatic rings. The van der Waals surface area contributed by atoms with E-state index in [0.717, 1.165) is 30.3 Å². The fraction of sp³-hybridized carbons (Fsp3) is 0.0588. The highest BCUT2D eigenvalue weighted by Crippen LogP contribution is 2.34. The highest BCUT2D eigenvalue weighted by atomic mass is 19.4. The van der Waals surface area contributed by atoms with E-state index in [1.807, 2.05) is 0 Å². The largest absolute Gasteiger partial charge is 0.433 e. The first-order valence-corrected chi connectivity index (χ1v) is 8.27. The topological polar surface area (TPSA) is 171 Å². The SMILES string of the molecule is O=C(Nc1cc(NC(=O)c2ccc([N+](=O)[O-])o2)cc(C(F)(F)F)c1)c1ccc([N+](=O)[O-])o1. The minimum atomic E-state index is -4.87. The summed E-state index contributed by atoms with van der Waals surface area (Å²) in [4.78, 5) is 43.7. The van der Waals surface area contributed by atoms with Crippen molar-refractivity contribution in [3.8, 4) is 0 Å². The third-order valence-electron chi connectivity index (χ3n) is 3.77. The first-order valence-electron chi connectivity index (χ1n) is 8.27. The maximum atomic E-state index is 13.2. The van der Waals surface area contributed by atoms with Crippen LogP contribution in [0.1, 0.15) is 26.7 Å². The summed E-state index contributed by atoms with van der Waals surface area (Å²) in [6, 6.07) is 5.75. The Morgan fingerprint density at radius 1 is 0.781 bits per heavy atom. The molecule has 1 aromatic carbocycles. The smallest absolute Gasteiger partial charge is 0.395 e. The van der Waals surface area contributed by atoms with E-state index in [-0.39, 0.29) is 0 Å². The minimum Gasteiger partial charge on any atom is -0.395 e. The highest BCUT2D eigenvalue weighted by Gasteiger charge is 2.32. The molecule has 2 heterocycles. The molecular weight excluding hydrogens is 445 g/mol. The molecule has 32 heavy (non-hydrogen) atoms. The Bertz CT molecular complexity index is 1150. The maximum Gasteiger partial charge on any atom is 0.433 e. The van der Waals surface area contributed by atoms with Crippen molar-refractivity contribution >= 4 is 35.0 Å². The van der Waals surface area contributed by atoms with E-state index in [1.54, 1.807) is 0 Å². The van der Waals surface area contributed by atoms with Gasteiger partial charge in [-0.05, 0) is 30.3 Å². The van der Waals surface area contributed by atoms with Crippen molar-refractivity contribution in [2.75, 3.05) is 10.6 Å². The average molecular weight is 454 g/mol. The molecule has 2 aromatic heterocycles. The lowest BCUT2D eigenvalue weighted by Crippen LogP contribution is -2.15. The lowest BCUT2D eigenvalue weighted by atomic mass is 10.1. The van der Waals surface area contributed by atoms with Gasteiger partial charge < -0.3 is 19.5 Å². The first-order chi connectivity index (χ1) is 14.9. The zero-order chi connectivity index (χ0) is 23.6. The van der Waals surface area contributed by atoms with E-state index in [4.69, 9.17) is 0 Å². The molecule has 0 fully saturated rings. The van der Waals surface area contributed by atoms with Crippen LogP contribution < -0.4 is 10.6 Å². The average Bonchev–Trinajstić information content (AvgIpc) is 3.37. The quantitative estimate of drug-likeness (QED) is 0.412. The van der Waals surface area contributed by atoms with Crippen LogP contribution in [-0.4, -0.2) is 21.7 Å². The lowest BCUT2D eigenvalue weighted by Gasteiger charge is -2.13. The van der Waals surface area contributed by atoms with Crippen LogP contribution in [0, 0.1) is 20.2 Å². The summed E-state index contributed by atoms with van der Waals surface area (Å²) < 4.78 is 49.1. The van der Waals surface area contributed by atoms with Gasteiger partial charge in [0.05, 0.1) is 17.7 Å². The monoisotopic (exact) mass is 454 g/mol. The number of rotatable bonds is 6. The lowest BCUT2D eigenvalue weighted by molar-refractivity contribution is -0.402. The molecular formula is C17H9F3N4O8. The molecule has 0 saturated heterocycles. The summed E-state index contributed by atoms with van der Waals surface area (Å²) >= 11 is 0. The number of amides is 2. The number of halogens is 3. The number of alkyl halides is 3. The Morgan fingerprint density at radius 3 is 1.50 bits per heavy atom. The number of carbonyl (C=O) groups excluding carboxylic acids is 2. The molecule has 12 nitrogen and oxygen atoms in total. The second-order valence-corrected chi connectivity index (χ2v) is 6.00. The summed E-state index contributed by atoms with van der Waals surface area (Å²) in [6.45, 7) is 0. The van der Waals surface area contributed by atoms with Crippen molar-refractivity contribution in [1.29, 1.82) is 0 Å². The van der Waals surface area contributed by atoms with Gasteiger partial charge in [-0.15, -0.1) is 0 Å². The molecule has 3 aromatic rings. The van der Waals surface area contributed by atoms with Crippen LogP contribution in [0.4, 0.5) is 36.3 Å². The number of nitro groups is 2. The zero-order valence-corrected chi connectivity index (χ0v) is 15.3. The van der Waals surface area contributed by atoms with Gasteiger partial charge in [-0.2, -0.15) is 13.2 Å². The third-order valence-corrected chi connectivity index (χ3v) is 3.77. The molecule has 3 rings (SSSR count). The van der Waals surface area contributed by atoms with Crippen molar-refractivity contribution in [2.45, 2.75) is 6.18 Å². The molecule has 0 saturated carbocycles. The number of anilines is 2. The van der Waals surface area contributed by atoms with E-state index in [9.17, 15) is 43.0 Å². The van der Waals surface area contributed by atoms with Gasteiger partial charge in [-0.25, -0.2) is 0 Å². The number of hydrogen-bond acceptors (Lipinski definition) is 8. The molecule has 2 N–H and O–H groups in total. The van der Waals surface area contributed by atoms with Gasteiger partial charge in [0.1, 0.15) is 9.85 Å². The number of hydrogen-bond donors (Lipinski definition) is 2. The van der Waals surface area contributed by atoms with Crippen molar-refractivity contribution in [3.63, 3.8) is 0 Å². The normalized spacial score (nSPS) is 11.1. The fourth-order valence-corrected chi connectivity index (χ4v) is 2.42. The van der Waals surface area contributed by atoms with Gasteiger partial charge in [0.25, 0.3) is 11.8 Å². The molecule has 0 bridgehead atoms. The number of carbonyl (C=O) groups is 2. The van der Waals surface area contributed by atoms with Gasteiger partial charge in [-0.1, -0.05) is 0 Å². The molecule has 0 aliphatic heterocycles. The van der Waals surface area contributed by atoms with E-state index < -0.39 is 68.1 Å². The molecule has 166 valence electrons. The molecule has 0 spiro atoms. The van der Waals surface area contributed by atoms with Crippen LogP contribution in [0.25, 0.3) is 0 Å². The minimum absolute atomic E-state index is 0.426. The third kappa shape index (κ3) is 4.89. The molecule has 0 radical (unpaired) electrons. The van der Waals surface area contributed by atoms with Crippen LogP contribution in [0.2, 0.25) is 0 Å². The summed E-state index contributed by atoms with van der Waals surface area (Å²) in [6.07, 6.45) is -4.87. The number of furan rings is 2. The summed E-state index contributed by atoms with van der Waals surface area (Å²) in [5.74, 6) is -4.75. The van der Waals surface area contributed by atoms with Crippen LogP contribution in [0.15, 0.2) is 51.3 Å². The molecule has 2 amide bonds. The van der Waals surface area contributed by atoms with Gasteiger partial charge in [0.2, 0.25) is 0 Å². The van der Waals surface area contributed by atoms with Crippen molar-refractivity contribution in [1.82, 2.24) is 0 Å². The van der Waals surface area contributed by atoms with Gasteiger partial charge in [0.15, 0.2) is 11.5 Å². The highest BCUT2D eigenvalue weighted by molar-refractivity contribution is 6.04. The van der Waals surface area contributed by atoms with Crippen molar-refractivity contribution in [3.05, 3.63) is 79.8 Å². The Balaban J connectivity index is 1.87. The second-order valence-electron chi connectivity index (χ2n) is 6.00. The van der Waals surface area contributed by atoms with Crippen LogP contribution in [-0.2, 0) is 6.18 Å². The molecule has 0 aliphatic carbocycles. The predicted molar refractivity (Wildman–Crippen MR) is 98.1 cm³/mol. The summed E-state index contributed by atoms with van der Waals surface area (Å²) in [5, 5.41) is 25.4. The zero-order valence-electron chi connectivity index (χ0n) is 15.3. The van der Waals surface area contributed by atoms with E-state index in [0.29, 0.717) is 12.1 Å². The van der Waals surface area contributed by atoms with Gasteiger partial charge in [-0.3, -0.25) is 29.8 Å². The molecule has 0 atom stereocenters. The van der Waals surface area contributed by atoms with Gasteiger partial charge in [0, 0.05) is 11.4 Å². The van der Waals surface area contributed by atoms with E-state index >= 15 is 0 Å². The van der Waals surface area contributed by atoms with Gasteiger partial charge >= 0.3 is 17.9 Å². The second kappa shape index (κ2) is 8.21. The van der Waals surface area contributed by atoms with Crippen molar-refractivity contribution in [2.24, 2.45) is 0 Å². The number of benzene rings is 1. The summed E-state index contributed by atoms with van der Waals surface area (Å²) in [5.41, 5.74) is -2.10. The molecule has 0 unspecified atom stereocenters. The standard InChI is InChI=1S/C17H9F3N4O8/c18-17(19,20)8-5-9(21-15(25)11-1-3-13(31-11)23(27)28)7-10(6-8)22-16(26)12-2-4-14(32-12)24(29)30/h1-7H,(H,21,25)(H,22,26). The van der Waals surface area contributed by atoms with Crippen molar-refractivity contribution < 1.29 is 41.4 Å².